The molecule has 1 aliphatic carbocycles. The zero-order valence-corrected chi connectivity index (χ0v) is 10.3. The average Bonchev–Trinajstić information content (AvgIpc) is 2.67. The van der Waals surface area contributed by atoms with Crippen LogP contribution in [0.25, 0.3) is 0 Å². The Labute approximate surface area is 110 Å². The molecular formula is C14H15NO4. The third kappa shape index (κ3) is 1.77. The molecular weight excluding hydrogens is 246 g/mol. The lowest BCUT2D eigenvalue weighted by molar-refractivity contribution is -0.0506. The van der Waals surface area contributed by atoms with Gasteiger partial charge < -0.3 is 10.2 Å². The molecule has 3 atom stereocenters. The zero-order chi connectivity index (χ0) is 13.6. The van der Waals surface area contributed by atoms with Crippen molar-refractivity contribution < 1.29 is 19.8 Å². The molecule has 1 aliphatic heterocycles. The Balaban J connectivity index is 1.95. The first kappa shape index (κ1) is 12.3. The maximum absolute atomic E-state index is 12.3. The first-order valence-electron chi connectivity index (χ1n) is 6.44. The van der Waals surface area contributed by atoms with Crippen molar-refractivity contribution in [2.24, 2.45) is 0 Å². The van der Waals surface area contributed by atoms with Crippen LogP contribution in [-0.2, 0) is 0 Å². The summed E-state index contributed by atoms with van der Waals surface area (Å²) in [5.41, 5.74) is 0.750. The van der Waals surface area contributed by atoms with Gasteiger partial charge in [0.2, 0.25) is 0 Å². The molecule has 2 amide bonds. The number of hydrogen-bond acceptors (Lipinski definition) is 4. The number of nitrogens with zero attached hydrogens (tertiary/aromatic N) is 1. The number of benzene rings is 1. The van der Waals surface area contributed by atoms with Gasteiger partial charge in [0.05, 0.1) is 23.3 Å². The number of carbonyl (C=O) groups is 2. The number of aliphatic hydroxyl groups is 2. The van der Waals surface area contributed by atoms with E-state index in [0.717, 1.165) is 4.90 Å². The Bertz CT molecular complexity index is 507. The van der Waals surface area contributed by atoms with E-state index < -0.39 is 18.2 Å². The molecule has 0 aromatic heterocycles. The van der Waals surface area contributed by atoms with E-state index in [2.05, 4.69) is 0 Å². The molecule has 5 nitrogen and oxygen atoms in total. The zero-order valence-electron chi connectivity index (χ0n) is 10.3. The van der Waals surface area contributed by atoms with Crippen molar-refractivity contribution in [3.63, 3.8) is 0 Å². The maximum atomic E-state index is 12.3. The third-order valence-corrected chi connectivity index (χ3v) is 3.95. The van der Waals surface area contributed by atoms with Gasteiger partial charge in [0.25, 0.3) is 11.8 Å². The summed E-state index contributed by atoms with van der Waals surface area (Å²) in [6, 6.07) is 6.01. The molecule has 1 aromatic carbocycles. The summed E-state index contributed by atoms with van der Waals surface area (Å²) >= 11 is 0. The van der Waals surface area contributed by atoms with Crippen molar-refractivity contribution >= 4 is 11.8 Å². The van der Waals surface area contributed by atoms with E-state index in [1.165, 1.54) is 0 Å². The Morgan fingerprint density at radius 2 is 1.58 bits per heavy atom. The molecule has 1 saturated carbocycles. The van der Waals surface area contributed by atoms with Crippen molar-refractivity contribution in [2.45, 2.75) is 37.5 Å². The van der Waals surface area contributed by atoms with E-state index in [0.29, 0.717) is 30.4 Å². The quantitative estimate of drug-likeness (QED) is 0.724. The number of amides is 2. The number of aliphatic hydroxyl groups excluding tert-OH is 2. The summed E-state index contributed by atoms with van der Waals surface area (Å²) in [5, 5.41) is 19.7. The summed E-state index contributed by atoms with van der Waals surface area (Å²) in [5.74, 6) is -0.752. The van der Waals surface area contributed by atoms with Crippen molar-refractivity contribution in [1.82, 2.24) is 4.90 Å². The fraction of sp³-hybridized carbons (Fsp3) is 0.429. The number of fused-ring (bicyclic) bond motifs is 1. The van der Waals surface area contributed by atoms with E-state index in [1.54, 1.807) is 24.3 Å². The number of carbonyl (C=O) groups excluding carboxylic acids is 2. The van der Waals surface area contributed by atoms with Gasteiger partial charge in [0, 0.05) is 0 Å². The van der Waals surface area contributed by atoms with E-state index >= 15 is 0 Å². The Kier molecular flexibility index (Phi) is 2.88. The summed E-state index contributed by atoms with van der Waals surface area (Å²) in [6.45, 7) is 0. The second-order valence-electron chi connectivity index (χ2n) is 5.08. The smallest absolute Gasteiger partial charge is 0.261 e. The van der Waals surface area contributed by atoms with Crippen LogP contribution in [-0.4, -0.2) is 45.2 Å². The fourth-order valence-electron chi connectivity index (χ4n) is 2.92. The van der Waals surface area contributed by atoms with Gasteiger partial charge in [-0.1, -0.05) is 12.1 Å². The van der Waals surface area contributed by atoms with Gasteiger partial charge in [-0.25, -0.2) is 0 Å². The molecule has 3 rings (SSSR count). The number of hydrogen-bond donors (Lipinski definition) is 2. The lowest BCUT2D eigenvalue weighted by atomic mass is 9.89. The SMILES string of the molecule is O=C1c2ccccc2C(=O)N1[C@@H]1CCCC(O)[C@H]1O. The summed E-state index contributed by atoms with van der Waals surface area (Å²) < 4.78 is 0. The minimum Gasteiger partial charge on any atom is -0.390 e. The minimum atomic E-state index is -1.06. The van der Waals surface area contributed by atoms with Crippen molar-refractivity contribution in [3.05, 3.63) is 35.4 Å². The highest BCUT2D eigenvalue weighted by atomic mass is 16.3. The second-order valence-corrected chi connectivity index (χ2v) is 5.08. The highest BCUT2D eigenvalue weighted by Gasteiger charge is 2.44. The maximum Gasteiger partial charge on any atom is 0.261 e. The standard InChI is InChI=1S/C14H15NO4/c16-11-7-3-6-10(12(11)17)15-13(18)8-4-1-2-5-9(8)14(15)19/h1-2,4-5,10-12,16-17H,3,6-7H2/t10-,11?,12+/m1/s1. The van der Waals surface area contributed by atoms with Gasteiger partial charge in [-0.2, -0.15) is 0 Å². The van der Waals surface area contributed by atoms with E-state index in [1.807, 2.05) is 0 Å². The first-order valence-corrected chi connectivity index (χ1v) is 6.44. The van der Waals surface area contributed by atoms with E-state index in [-0.39, 0.29) is 11.8 Å². The molecule has 100 valence electrons. The van der Waals surface area contributed by atoms with Crippen molar-refractivity contribution in [2.75, 3.05) is 0 Å². The van der Waals surface area contributed by atoms with Gasteiger partial charge in [-0.05, 0) is 31.4 Å². The average molecular weight is 261 g/mol. The molecule has 1 heterocycles. The van der Waals surface area contributed by atoms with Gasteiger partial charge >= 0.3 is 0 Å². The molecule has 2 N–H and O–H groups in total. The van der Waals surface area contributed by atoms with Crippen LogP contribution in [0.1, 0.15) is 40.0 Å². The van der Waals surface area contributed by atoms with Crippen molar-refractivity contribution in [1.29, 1.82) is 0 Å². The molecule has 5 heteroatoms. The lowest BCUT2D eigenvalue weighted by Crippen LogP contribution is -2.53. The predicted molar refractivity (Wildman–Crippen MR) is 66.6 cm³/mol. The van der Waals surface area contributed by atoms with Crippen LogP contribution < -0.4 is 0 Å². The van der Waals surface area contributed by atoms with Crippen LogP contribution >= 0.6 is 0 Å². The molecule has 1 unspecified atom stereocenters. The number of rotatable bonds is 1. The molecule has 0 radical (unpaired) electrons. The van der Waals surface area contributed by atoms with E-state index in [9.17, 15) is 19.8 Å². The van der Waals surface area contributed by atoms with Crippen LogP contribution in [0.5, 0.6) is 0 Å². The Morgan fingerprint density at radius 1 is 1.00 bits per heavy atom. The minimum absolute atomic E-state index is 0.375. The van der Waals surface area contributed by atoms with Crippen LogP contribution in [0.2, 0.25) is 0 Å². The Hall–Kier alpha value is -1.72. The van der Waals surface area contributed by atoms with Crippen LogP contribution in [0, 0.1) is 0 Å². The third-order valence-electron chi connectivity index (χ3n) is 3.95. The lowest BCUT2D eigenvalue weighted by Gasteiger charge is -2.36. The largest absolute Gasteiger partial charge is 0.390 e. The highest BCUT2D eigenvalue weighted by molar-refractivity contribution is 6.21. The molecule has 0 bridgehead atoms. The molecule has 1 aromatic rings. The molecule has 19 heavy (non-hydrogen) atoms. The van der Waals surface area contributed by atoms with Gasteiger partial charge in [0.15, 0.2) is 0 Å². The molecule has 1 fully saturated rings. The summed E-state index contributed by atoms with van der Waals surface area (Å²) in [6.07, 6.45) is -0.208. The normalized spacial score (nSPS) is 30.6. The van der Waals surface area contributed by atoms with Gasteiger partial charge in [0.1, 0.15) is 6.10 Å². The molecule has 2 aliphatic rings. The topological polar surface area (TPSA) is 77.8 Å². The first-order chi connectivity index (χ1) is 9.11. The van der Waals surface area contributed by atoms with Crippen molar-refractivity contribution in [3.8, 4) is 0 Å². The van der Waals surface area contributed by atoms with Gasteiger partial charge in [-0.15, -0.1) is 0 Å². The monoisotopic (exact) mass is 261 g/mol. The van der Waals surface area contributed by atoms with Crippen LogP contribution in [0.4, 0.5) is 0 Å². The molecule has 0 saturated heterocycles. The fourth-order valence-corrected chi connectivity index (χ4v) is 2.92. The molecule has 0 spiro atoms. The summed E-state index contributed by atoms with van der Waals surface area (Å²) in [7, 11) is 0. The van der Waals surface area contributed by atoms with Gasteiger partial charge in [-0.3, -0.25) is 14.5 Å². The summed E-state index contributed by atoms with van der Waals surface area (Å²) in [4.78, 5) is 25.7. The second kappa shape index (κ2) is 4.43. The Morgan fingerprint density at radius 3 is 2.16 bits per heavy atom. The van der Waals surface area contributed by atoms with E-state index in [4.69, 9.17) is 0 Å². The van der Waals surface area contributed by atoms with Crippen LogP contribution in [0.3, 0.4) is 0 Å². The number of imide groups is 1. The highest BCUT2D eigenvalue weighted by Crippen LogP contribution is 2.31. The predicted octanol–water partition coefficient (Wildman–Crippen LogP) is 0.557. The van der Waals surface area contributed by atoms with Crippen LogP contribution in [0.15, 0.2) is 24.3 Å².